The van der Waals surface area contributed by atoms with Gasteiger partial charge in [0, 0.05) is 22.2 Å². The molecule has 0 radical (unpaired) electrons. The van der Waals surface area contributed by atoms with Gasteiger partial charge in [-0.2, -0.15) is 0 Å². The van der Waals surface area contributed by atoms with Crippen molar-refractivity contribution in [3.63, 3.8) is 0 Å². The van der Waals surface area contributed by atoms with E-state index in [0.717, 1.165) is 11.1 Å². The first-order chi connectivity index (χ1) is 16.9. The Morgan fingerprint density at radius 3 is 2.83 bits per heavy atom. The molecule has 35 heavy (non-hydrogen) atoms. The van der Waals surface area contributed by atoms with Crippen molar-refractivity contribution in [2.24, 2.45) is 10.9 Å². The molecule has 0 spiro atoms. The molecule has 3 unspecified atom stereocenters. The zero-order valence-electron chi connectivity index (χ0n) is 18.7. The first kappa shape index (κ1) is 21.9. The Bertz CT molecular complexity index is 1670. The predicted octanol–water partition coefficient (Wildman–Crippen LogP) is 3.77. The minimum absolute atomic E-state index is 0.257. The molecule has 9 heteroatoms. The molecule has 2 aromatic heterocycles. The van der Waals surface area contributed by atoms with Crippen LogP contribution in [0.5, 0.6) is 5.75 Å². The fourth-order valence-corrected chi connectivity index (χ4v) is 6.06. The average molecular weight is 507 g/mol. The van der Waals surface area contributed by atoms with E-state index in [2.05, 4.69) is 0 Å². The van der Waals surface area contributed by atoms with Crippen molar-refractivity contribution in [1.82, 2.24) is 4.57 Å². The van der Waals surface area contributed by atoms with Crippen LogP contribution in [0.15, 0.2) is 74.9 Å². The van der Waals surface area contributed by atoms with Gasteiger partial charge in [0.25, 0.3) is 5.56 Å². The quantitative estimate of drug-likeness (QED) is 0.395. The number of carbonyl (C=O) groups is 1. The second-order valence-electron chi connectivity index (χ2n) is 8.53. The summed E-state index contributed by atoms with van der Waals surface area (Å²) in [5.41, 5.74) is 0.118. The fraction of sp³-hybridized carbons (Fsp3) is 0.192. The van der Waals surface area contributed by atoms with E-state index in [1.54, 1.807) is 29.7 Å². The number of ether oxygens (including phenoxy) is 2. The normalized spacial score (nSPS) is 22.5. The molecule has 2 aliphatic rings. The van der Waals surface area contributed by atoms with Crippen LogP contribution in [0.4, 0.5) is 0 Å². The van der Waals surface area contributed by atoms with Crippen LogP contribution in [0.25, 0.3) is 17.4 Å². The fourth-order valence-electron chi connectivity index (χ4n) is 4.79. The Labute approximate surface area is 208 Å². The SMILES string of the molecule is COC(=O)C1C2c3ccccc3OC1(C)N=c1s/c(=C/c3ccc(-c4cccc(Cl)c4)o3)c(=O)n12. The minimum Gasteiger partial charge on any atom is -0.469 e. The lowest BCUT2D eigenvalue weighted by Crippen LogP contribution is -2.58. The summed E-state index contributed by atoms with van der Waals surface area (Å²) in [5, 5.41) is 0.609. The molecule has 0 saturated carbocycles. The first-order valence-corrected chi connectivity index (χ1v) is 12.1. The van der Waals surface area contributed by atoms with Crippen molar-refractivity contribution < 1.29 is 18.7 Å². The lowest BCUT2D eigenvalue weighted by atomic mass is 9.81. The molecule has 2 aromatic carbocycles. The van der Waals surface area contributed by atoms with Gasteiger partial charge in [0.2, 0.25) is 5.72 Å². The summed E-state index contributed by atoms with van der Waals surface area (Å²) >= 11 is 7.33. The van der Waals surface area contributed by atoms with E-state index in [-0.39, 0.29) is 5.56 Å². The summed E-state index contributed by atoms with van der Waals surface area (Å²) in [6.45, 7) is 1.75. The van der Waals surface area contributed by atoms with E-state index in [1.807, 2.05) is 48.5 Å². The number of esters is 1. The number of nitrogens with zero attached hydrogens (tertiary/aromatic N) is 2. The molecule has 3 atom stereocenters. The zero-order chi connectivity index (χ0) is 24.3. The van der Waals surface area contributed by atoms with E-state index in [4.69, 9.17) is 30.5 Å². The number of methoxy groups -OCH3 is 1. The molecule has 2 aliphatic heterocycles. The standard InChI is InChI=1S/C26H19ClN2O5S/c1-26-21(24(31)32-2)22(17-8-3-4-9-19(17)34-26)29-23(30)20(35-25(29)28-26)13-16-10-11-18(33-16)14-6-5-7-15(27)12-14/h3-13,21-22H,1-2H3/b20-13+. The number of hydrogen-bond acceptors (Lipinski definition) is 7. The maximum absolute atomic E-state index is 13.6. The van der Waals surface area contributed by atoms with Crippen molar-refractivity contribution in [2.45, 2.75) is 18.7 Å². The van der Waals surface area contributed by atoms with Gasteiger partial charge < -0.3 is 13.9 Å². The molecule has 0 saturated heterocycles. The van der Waals surface area contributed by atoms with E-state index >= 15 is 0 Å². The van der Waals surface area contributed by atoms with Gasteiger partial charge in [0.1, 0.15) is 23.2 Å². The first-order valence-electron chi connectivity index (χ1n) is 10.9. The van der Waals surface area contributed by atoms with E-state index in [9.17, 15) is 9.59 Å². The van der Waals surface area contributed by atoms with Gasteiger partial charge in [-0.1, -0.05) is 53.3 Å². The number of halogens is 1. The van der Waals surface area contributed by atoms with Gasteiger partial charge in [0.15, 0.2) is 4.80 Å². The van der Waals surface area contributed by atoms with Crippen LogP contribution in [0.3, 0.4) is 0 Å². The molecule has 2 bridgehead atoms. The number of furan rings is 1. The highest BCUT2D eigenvalue weighted by molar-refractivity contribution is 7.07. The molecule has 4 aromatic rings. The second-order valence-corrected chi connectivity index (χ2v) is 9.98. The van der Waals surface area contributed by atoms with E-state index in [0.29, 0.717) is 31.6 Å². The molecule has 0 fully saturated rings. The Morgan fingerprint density at radius 1 is 1.20 bits per heavy atom. The molecular weight excluding hydrogens is 488 g/mol. The highest BCUT2D eigenvalue weighted by Crippen LogP contribution is 2.47. The van der Waals surface area contributed by atoms with Gasteiger partial charge in [-0.05, 0) is 37.3 Å². The maximum atomic E-state index is 13.6. The zero-order valence-corrected chi connectivity index (χ0v) is 20.3. The predicted molar refractivity (Wildman–Crippen MR) is 131 cm³/mol. The molecule has 7 nitrogen and oxygen atoms in total. The monoisotopic (exact) mass is 506 g/mol. The number of aromatic nitrogens is 1. The Kier molecular flexibility index (Phi) is 4.98. The number of fused-ring (bicyclic) bond motifs is 6. The highest BCUT2D eigenvalue weighted by Gasteiger charge is 2.55. The summed E-state index contributed by atoms with van der Waals surface area (Å²) in [5.74, 6) is 0.457. The molecule has 4 heterocycles. The molecule has 0 aliphatic carbocycles. The summed E-state index contributed by atoms with van der Waals surface area (Å²) < 4.78 is 19.3. The van der Waals surface area contributed by atoms with Gasteiger partial charge >= 0.3 is 5.97 Å². The van der Waals surface area contributed by atoms with Crippen molar-refractivity contribution >= 4 is 35.0 Å². The van der Waals surface area contributed by atoms with Crippen molar-refractivity contribution in [1.29, 1.82) is 0 Å². The van der Waals surface area contributed by atoms with Gasteiger partial charge in [0.05, 0.1) is 17.7 Å². The van der Waals surface area contributed by atoms with Crippen LogP contribution in [0, 0.1) is 5.92 Å². The lowest BCUT2D eigenvalue weighted by Gasteiger charge is -2.44. The Morgan fingerprint density at radius 2 is 2.03 bits per heavy atom. The smallest absolute Gasteiger partial charge is 0.317 e. The van der Waals surface area contributed by atoms with Crippen molar-refractivity contribution in [3.8, 4) is 17.1 Å². The van der Waals surface area contributed by atoms with Crippen molar-refractivity contribution in [3.05, 3.63) is 96.7 Å². The molecule has 176 valence electrons. The number of carbonyl (C=O) groups excluding carboxylic acids is 1. The molecule has 0 N–H and O–H groups in total. The number of rotatable bonds is 3. The number of thiazole rings is 1. The minimum atomic E-state index is -1.20. The van der Waals surface area contributed by atoms with Gasteiger partial charge in [-0.15, -0.1) is 0 Å². The summed E-state index contributed by atoms with van der Waals surface area (Å²) in [6.07, 6.45) is 1.69. The summed E-state index contributed by atoms with van der Waals surface area (Å²) in [6, 6.07) is 17.8. The third-order valence-corrected chi connectivity index (χ3v) is 7.56. The largest absolute Gasteiger partial charge is 0.469 e. The van der Waals surface area contributed by atoms with E-state index < -0.39 is 23.7 Å². The van der Waals surface area contributed by atoms with Gasteiger partial charge in [-0.3, -0.25) is 14.2 Å². The molecular formula is C26H19ClN2O5S. The van der Waals surface area contributed by atoms with Crippen LogP contribution >= 0.6 is 22.9 Å². The highest BCUT2D eigenvalue weighted by atomic mass is 35.5. The maximum Gasteiger partial charge on any atom is 0.317 e. The van der Waals surface area contributed by atoms with Crippen LogP contribution in [-0.4, -0.2) is 23.4 Å². The topological polar surface area (TPSA) is 83.0 Å². The Balaban J connectivity index is 1.51. The van der Waals surface area contributed by atoms with E-state index in [1.165, 1.54) is 18.4 Å². The summed E-state index contributed by atoms with van der Waals surface area (Å²) in [4.78, 5) is 31.7. The van der Waals surface area contributed by atoms with Crippen LogP contribution in [0.2, 0.25) is 5.02 Å². The van der Waals surface area contributed by atoms with Crippen LogP contribution < -0.4 is 19.6 Å². The molecule has 0 amide bonds. The molecule has 6 rings (SSSR count). The third-order valence-electron chi connectivity index (χ3n) is 6.34. The Hall–Kier alpha value is -3.62. The average Bonchev–Trinajstić information content (AvgIpc) is 3.42. The van der Waals surface area contributed by atoms with Crippen molar-refractivity contribution in [2.75, 3.05) is 7.11 Å². The third kappa shape index (κ3) is 3.44. The number of hydrogen-bond donors (Lipinski definition) is 0. The summed E-state index contributed by atoms with van der Waals surface area (Å²) in [7, 11) is 1.33. The van der Waals surface area contributed by atoms with Crippen LogP contribution in [0.1, 0.15) is 24.3 Å². The van der Waals surface area contributed by atoms with Crippen LogP contribution in [-0.2, 0) is 9.53 Å². The number of para-hydroxylation sites is 1. The lowest BCUT2D eigenvalue weighted by molar-refractivity contribution is -0.158. The second kappa shape index (κ2) is 7.96. The number of benzene rings is 2. The van der Waals surface area contributed by atoms with Gasteiger partial charge in [-0.25, -0.2) is 4.99 Å².